The SMILES string of the molecule is CCCCCOc1ccc(C(=O)CCC(=O)OCC(=O)NC(=O)c2ccc[nH]2)cc1. The molecule has 2 aromatic rings. The van der Waals surface area contributed by atoms with Crippen LogP contribution in [0.4, 0.5) is 0 Å². The van der Waals surface area contributed by atoms with Crippen molar-refractivity contribution in [1.29, 1.82) is 0 Å². The van der Waals surface area contributed by atoms with Gasteiger partial charge in [-0.3, -0.25) is 24.5 Å². The molecule has 2 amide bonds. The van der Waals surface area contributed by atoms with Gasteiger partial charge in [-0.2, -0.15) is 0 Å². The molecule has 2 N–H and O–H groups in total. The van der Waals surface area contributed by atoms with Gasteiger partial charge in [-0.25, -0.2) is 0 Å². The lowest BCUT2D eigenvalue weighted by Gasteiger charge is -2.07. The van der Waals surface area contributed by atoms with E-state index >= 15 is 0 Å². The zero-order valence-electron chi connectivity index (χ0n) is 16.9. The van der Waals surface area contributed by atoms with Gasteiger partial charge < -0.3 is 14.5 Å². The Morgan fingerprint density at radius 3 is 2.43 bits per heavy atom. The van der Waals surface area contributed by atoms with E-state index in [0.29, 0.717) is 17.9 Å². The zero-order valence-corrected chi connectivity index (χ0v) is 16.9. The highest BCUT2D eigenvalue weighted by atomic mass is 16.5. The van der Waals surface area contributed by atoms with Gasteiger partial charge in [0.05, 0.1) is 13.0 Å². The van der Waals surface area contributed by atoms with Gasteiger partial charge in [0.15, 0.2) is 12.4 Å². The molecule has 0 atom stereocenters. The number of amides is 2. The first kappa shape index (κ1) is 22.9. The highest BCUT2D eigenvalue weighted by Gasteiger charge is 2.14. The minimum absolute atomic E-state index is 0.0431. The molecule has 0 aliphatic rings. The smallest absolute Gasteiger partial charge is 0.306 e. The molecule has 0 aliphatic heterocycles. The Labute approximate surface area is 175 Å². The van der Waals surface area contributed by atoms with Crippen molar-refractivity contribution in [2.75, 3.05) is 13.2 Å². The molecule has 8 heteroatoms. The normalized spacial score (nSPS) is 10.3. The first-order chi connectivity index (χ1) is 14.5. The van der Waals surface area contributed by atoms with Gasteiger partial charge in [0.2, 0.25) is 0 Å². The predicted octanol–water partition coefficient (Wildman–Crippen LogP) is 3.05. The van der Waals surface area contributed by atoms with Crippen LogP contribution in [0.3, 0.4) is 0 Å². The number of aromatic amines is 1. The number of unbranched alkanes of at least 4 members (excludes halogenated alkanes) is 2. The van der Waals surface area contributed by atoms with Crippen LogP contribution in [0.25, 0.3) is 0 Å². The van der Waals surface area contributed by atoms with Crippen LogP contribution in [0.1, 0.15) is 59.9 Å². The number of esters is 1. The van der Waals surface area contributed by atoms with Crippen LogP contribution < -0.4 is 10.1 Å². The topological polar surface area (TPSA) is 115 Å². The van der Waals surface area contributed by atoms with Crippen LogP contribution in [0, 0.1) is 0 Å². The summed E-state index contributed by atoms with van der Waals surface area (Å²) in [6.07, 6.45) is 4.56. The number of ether oxygens (including phenoxy) is 2. The van der Waals surface area contributed by atoms with Crippen molar-refractivity contribution in [1.82, 2.24) is 10.3 Å². The molecule has 0 radical (unpaired) electrons. The highest BCUT2D eigenvalue weighted by molar-refractivity contribution is 6.04. The lowest BCUT2D eigenvalue weighted by atomic mass is 10.1. The number of H-pyrrole nitrogens is 1. The number of aromatic nitrogens is 1. The fourth-order valence-electron chi connectivity index (χ4n) is 2.56. The van der Waals surface area contributed by atoms with Crippen LogP contribution in [0.5, 0.6) is 5.75 Å². The standard InChI is InChI=1S/C22H26N2O6/c1-2-3-4-14-29-17-9-7-16(8-10-17)19(25)11-12-21(27)30-15-20(26)24-22(28)18-6-5-13-23-18/h5-10,13,23H,2-4,11-12,14-15H2,1H3,(H,24,26,28). The fraction of sp³-hybridized carbons (Fsp3) is 0.364. The van der Waals surface area contributed by atoms with Crippen molar-refractivity contribution in [3.8, 4) is 5.75 Å². The Morgan fingerprint density at radius 2 is 1.77 bits per heavy atom. The van der Waals surface area contributed by atoms with Crippen molar-refractivity contribution in [3.05, 3.63) is 53.9 Å². The number of carbonyl (C=O) groups excluding carboxylic acids is 4. The lowest BCUT2D eigenvalue weighted by Crippen LogP contribution is -2.34. The van der Waals surface area contributed by atoms with Crippen molar-refractivity contribution >= 4 is 23.6 Å². The van der Waals surface area contributed by atoms with Gasteiger partial charge in [-0.1, -0.05) is 19.8 Å². The Kier molecular flexibility index (Phi) is 9.30. The molecule has 0 fully saturated rings. The largest absolute Gasteiger partial charge is 0.494 e. The maximum absolute atomic E-state index is 12.2. The van der Waals surface area contributed by atoms with E-state index in [-0.39, 0.29) is 24.3 Å². The maximum atomic E-state index is 12.2. The summed E-state index contributed by atoms with van der Waals surface area (Å²) in [6, 6.07) is 9.88. The second-order valence-corrected chi connectivity index (χ2v) is 6.62. The molecule has 30 heavy (non-hydrogen) atoms. The molecule has 2 rings (SSSR count). The van der Waals surface area contributed by atoms with E-state index in [1.54, 1.807) is 36.5 Å². The van der Waals surface area contributed by atoms with Gasteiger partial charge in [0.25, 0.3) is 11.8 Å². The molecule has 0 saturated heterocycles. The number of nitrogens with one attached hydrogen (secondary N) is 2. The fourth-order valence-corrected chi connectivity index (χ4v) is 2.56. The summed E-state index contributed by atoms with van der Waals surface area (Å²) in [6.45, 7) is 2.16. The highest BCUT2D eigenvalue weighted by Crippen LogP contribution is 2.15. The first-order valence-corrected chi connectivity index (χ1v) is 9.89. The van der Waals surface area contributed by atoms with Crippen LogP contribution in [0.15, 0.2) is 42.6 Å². The number of hydrogen-bond acceptors (Lipinski definition) is 6. The van der Waals surface area contributed by atoms with E-state index in [1.807, 2.05) is 0 Å². The molecule has 0 aliphatic carbocycles. The first-order valence-electron chi connectivity index (χ1n) is 9.89. The van der Waals surface area contributed by atoms with Gasteiger partial charge in [0.1, 0.15) is 11.4 Å². The molecule has 1 heterocycles. The number of benzene rings is 1. The second kappa shape index (κ2) is 12.2. The van der Waals surface area contributed by atoms with Crippen molar-refractivity contribution in [2.24, 2.45) is 0 Å². The monoisotopic (exact) mass is 414 g/mol. The Morgan fingerprint density at radius 1 is 1.00 bits per heavy atom. The summed E-state index contributed by atoms with van der Waals surface area (Å²) < 4.78 is 10.4. The molecule has 160 valence electrons. The minimum atomic E-state index is -0.746. The molecule has 0 spiro atoms. The Bertz CT molecular complexity index is 843. The molecule has 0 bridgehead atoms. The number of carbonyl (C=O) groups is 4. The summed E-state index contributed by atoms with van der Waals surface area (Å²) in [4.78, 5) is 50.0. The Hall–Kier alpha value is -3.42. The molecule has 1 aromatic carbocycles. The van der Waals surface area contributed by atoms with Crippen LogP contribution in [0.2, 0.25) is 0 Å². The minimum Gasteiger partial charge on any atom is -0.494 e. The Balaban J connectivity index is 1.66. The molecule has 8 nitrogen and oxygen atoms in total. The number of hydrogen-bond donors (Lipinski definition) is 2. The van der Waals surface area contributed by atoms with Gasteiger partial charge in [-0.15, -0.1) is 0 Å². The summed E-state index contributed by atoms with van der Waals surface area (Å²) in [5, 5.41) is 2.09. The number of rotatable bonds is 12. The van der Waals surface area contributed by atoms with Gasteiger partial charge >= 0.3 is 5.97 Å². The van der Waals surface area contributed by atoms with Gasteiger partial charge in [-0.05, 0) is 42.8 Å². The van der Waals surface area contributed by atoms with E-state index in [0.717, 1.165) is 19.3 Å². The third kappa shape index (κ3) is 7.90. The van der Waals surface area contributed by atoms with Crippen molar-refractivity contribution in [2.45, 2.75) is 39.0 Å². The zero-order chi connectivity index (χ0) is 21.8. The second-order valence-electron chi connectivity index (χ2n) is 6.62. The summed E-state index contributed by atoms with van der Waals surface area (Å²) in [7, 11) is 0. The molecule has 1 aromatic heterocycles. The molecular formula is C22H26N2O6. The van der Waals surface area contributed by atoms with E-state index in [2.05, 4.69) is 17.2 Å². The number of ketones is 1. The van der Waals surface area contributed by atoms with Crippen molar-refractivity contribution in [3.63, 3.8) is 0 Å². The van der Waals surface area contributed by atoms with Crippen LogP contribution >= 0.6 is 0 Å². The average Bonchev–Trinajstić information content (AvgIpc) is 3.29. The third-order valence-electron chi connectivity index (χ3n) is 4.21. The summed E-state index contributed by atoms with van der Waals surface area (Å²) in [5.74, 6) is -1.57. The predicted molar refractivity (Wildman–Crippen MR) is 109 cm³/mol. The quantitative estimate of drug-likeness (QED) is 0.313. The van der Waals surface area contributed by atoms with E-state index in [9.17, 15) is 19.2 Å². The third-order valence-corrected chi connectivity index (χ3v) is 4.21. The lowest BCUT2D eigenvalue weighted by molar-refractivity contribution is -0.148. The molecular weight excluding hydrogens is 388 g/mol. The number of Topliss-reactive ketones (excluding diaryl/α,β-unsaturated/α-hetero) is 1. The van der Waals surface area contributed by atoms with Gasteiger partial charge in [0, 0.05) is 18.2 Å². The summed E-state index contributed by atoms with van der Waals surface area (Å²) in [5.41, 5.74) is 0.690. The summed E-state index contributed by atoms with van der Waals surface area (Å²) >= 11 is 0. The average molecular weight is 414 g/mol. The maximum Gasteiger partial charge on any atom is 0.306 e. The van der Waals surface area contributed by atoms with E-state index in [4.69, 9.17) is 9.47 Å². The molecule has 0 unspecified atom stereocenters. The van der Waals surface area contributed by atoms with E-state index in [1.165, 1.54) is 6.07 Å². The van der Waals surface area contributed by atoms with Crippen molar-refractivity contribution < 1.29 is 28.7 Å². The van der Waals surface area contributed by atoms with Crippen LogP contribution in [-0.4, -0.2) is 41.8 Å². The van der Waals surface area contributed by atoms with Crippen LogP contribution in [-0.2, 0) is 14.3 Å². The molecule has 0 saturated carbocycles. The van der Waals surface area contributed by atoms with E-state index < -0.39 is 24.4 Å². The number of imide groups is 1.